The second-order valence-electron chi connectivity index (χ2n) is 6.51. The van der Waals surface area contributed by atoms with E-state index < -0.39 is 17.9 Å². The quantitative estimate of drug-likeness (QED) is 0.509. The van der Waals surface area contributed by atoms with Crippen molar-refractivity contribution in [3.8, 4) is 5.75 Å². The Morgan fingerprint density at radius 3 is 1.93 bits per heavy atom. The molecule has 150 valence electrons. The Balaban J connectivity index is 1.52. The van der Waals surface area contributed by atoms with Crippen molar-refractivity contribution in [3.63, 3.8) is 0 Å². The first-order valence-corrected chi connectivity index (χ1v) is 9.61. The van der Waals surface area contributed by atoms with E-state index in [1.807, 2.05) is 18.2 Å². The summed E-state index contributed by atoms with van der Waals surface area (Å²) in [5.41, 5.74) is 1.40. The van der Waals surface area contributed by atoms with Gasteiger partial charge >= 0.3 is 6.09 Å². The van der Waals surface area contributed by atoms with E-state index in [-0.39, 0.29) is 26.9 Å². The number of halogens is 2. The number of ether oxygens (including phenoxy) is 1. The van der Waals surface area contributed by atoms with Gasteiger partial charge in [-0.05, 0) is 48.5 Å². The highest BCUT2D eigenvalue weighted by molar-refractivity contribution is 6.44. The SMILES string of the molecule is CN(C(=O)Oc1ccc(N2C(=O)c3cc(Cl)c(Cl)cc3C2=O)cc1)c1ccccc1. The molecule has 0 N–H and O–H groups in total. The van der Waals surface area contributed by atoms with Gasteiger partial charge in [0, 0.05) is 12.7 Å². The molecule has 1 aliphatic rings. The molecular formula is C22H14Cl2N2O4. The summed E-state index contributed by atoms with van der Waals surface area (Å²) in [6.07, 6.45) is -0.570. The Labute approximate surface area is 182 Å². The zero-order valence-corrected chi connectivity index (χ0v) is 17.1. The molecule has 3 aromatic carbocycles. The van der Waals surface area contributed by atoms with Gasteiger partial charge in [0.15, 0.2) is 0 Å². The number of hydrogen-bond donors (Lipinski definition) is 0. The lowest BCUT2D eigenvalue weighted by Gasteiger charge is -2.17. The fourth-order valence-corrected chi connectivity index (χ4v) is 3.39. The average molecular weight is 441 g/mol. The first-order chi connectivity index (χ1) is 14.4. The molecule has 0 saturated heterocycles. The predicted molar refractivity (Wildman–Crippen MR) is 115 cm³/mol. The zero-order chi connectivity index (χ0) is 21.4. The third-order valence-electron chi connectivity index (χ3n) is 4.64. The Bertz CT molecular complexity index is 1120. The fraction of sp³-hybridized carbons (Fsp3) is 0.0455. The third kappa shape index (κ3) is 3.51. The molecule has 3 amide bonds. The standard InChI is InChI=1S/C22H14Cl2N2O4/c1-25(13-5-3-2-4-6-13)22(29)30-15-9-7-14(8-10-15)26-20(27)16-11-18(23)19(24)12-17(16)21(26)28/h2-12H,1H3. The molecule has 8 heteroatoms. The maximum Gasteiger partial charge on any atom is 0.419 e. The number of carbonyl (C=O) groups excluding carboxylic acids is 3. The number of hydrogen-bond acceptors (Lipinski definition) is 4. The van der Waals surface area contributed by atoms with Crippen molar-refractivity contribution in [2.24, 2.45) is 0 Å². The van der Waals surface area contributed by atoms with E-state index in [1.165, 1.54) is 41.3 Å². The van der Waals surface area contributed by atoms with Gasteiger partial charge in [-0.15, -0.1) is 0 Å². The third-order valence-corrected chi connectivity index (χ3v) is 5.37. The smallest absolute Gasteiger partial charge is 0.410 e. The van der Waals surface area contributed by atoms with Crippen LogP contribution in [0.4, 0.5) is 16.2 Å². The summed E-state index contributed by atoms with van der Waals surface area (Å²) in [6.45, 7) is 0. The number of benzene rings is 3. The number of rotatable bonds is 3. The van der Waals surface area contributed by atoms with E-state index in [2.05, 4.69) is 0 Å². The minimum absolute atomic E-state index is 0.189. The van der Waals surface area contributed by atoms with Gasteiger partial charge in [0.25, 0.3) is 11.8 Å². The maximum atomic E-state index is 12.7. The van der Waals surface area contributed by atoms with Crippen LogP contribution in [0.1, 0.15) is 20.7 Å². The molecule has 30 heavy (non-hydrogen) atoms. The van der Waals surface area contributed by atoms with Crippen LogP contribution < -0.4 is 14.5 Å². The molecule has 1 heterocycles. The van der Waals surface area contributed by atoms with Crippen LogP contribution in [-0.2, 0) is 0 Å². The van der Waals surface area contributed by atoms with Gasteiger partial charge in [0.1, 0.15) is 5.75 Å². The average Bonchev–Trinajstić information content (AvgIpc) is 2.99. The number of nitrogens with zero attached hydrogens (tertiary/aromatic N) is 2. The molecule has 0 fully saturated rings. The lowest BCUT2D eigenvalue weighted by Crippen LogP contribution is -2.30. The molecular weight excluding hydrogens is 427 g/mol. The van der Waals surface area contributed by atoms with Crippen LogP contribution in [-0.4, -0.2) is 25.0 Å². The topological polar surface area (TPSA) is 66.9 Å². The Kier molecular flexibility index (Phi) is 5.20. The van der Waals surface area contributed by atoms with Crippen LogP contribution in [0.2, 0.25) is 10.0 Å². The summed E-state index contributed by atoms with van der Waals surface area (Å²) in [5, 5.41) is 0.395. The summed E-state index contributed by atoms with van der Waals surface area (Å²) in [6, 6.07) is 17.9. The summed E-state index contributed by atoms with van der Waals surface area (Å²) >= 11 is 11.9. The molecule has 0 radical (unpaired) electrons. The van der Waals surface area contributed by atoms with Crippen molar-refractivity contribution < 1.29 is 19.1 Å². The van der Waals surface area contributed by atoms with Crippen LogP contribution in [0.25, 0.3) is 0 Å². The molecule has 0 bridgehead atoms. The van der Waals surface area contributed by atoms with E-state index >= 15 is 0 Å². The van der Waals surface area contributed by atoms with Gasteiger partial charge in [0.2, 0.25) is 0 Å². The van der Waals surface area contributed by atoms with Crippen LogP contribution >= 0.6 is 23.2 Å². The molecule has 3 aromatic rings. The minimum atomic E-state index is -0.570. The van der Waals surface area contributed by atoms with Gasteiger partial charge in [-0.3, -0.25) is 14.5 Å². The van der Waals surface area contributed by atoms with Gasteiger partial charge in [-0.2, -0.15) is 0 Å². The van der Waals surface area contributed by atoms with Gasteiger partial charge in [-0.25, -0.2) is 9.69 Å². The lowest BCUT2D eigenvalue weighted by molar-refractivity contribution is 0.0926. The maximum absolute atomic E-state index is 12.7. The second-order valence-corrected chi connectivity index (χ2v) is 7.33. The Hall–Kier alpha value is -3.35. The molecule has 1 aliphatic heterocycles. The minimum Gasteiger partial charge on any atom is -0.410 e. The van der Waals surface area contributed by atoms with E-state index in [9.17, 15) is 14.4 Å². The van der Waals surface area contributed by atoms with Crippen LogP contribution in [0.3, 0.4) is 0 Å². The number of imide groups is 1. The van der Waals surface area contributed by atoms with E-state index in [4.69, 9.17) is 27.9 Å². The number of para-hydroxylation sites is 1. The van der Waals surface area contributed by atoms with Crippen LogP contribution in [0, 0.1) is 0 Å². The summed E-state index contributed by atoms with van der Waals surface area (Å²) in [4.78, 5) is 40.1. The number of amides is 3. The van der Waals surface area contributed by atoms with Gasteiger partial charge < -0.3 is 4.74 Å². The number of carbonyl (C=O) groups is 3. The van der Waals surface area contributed by atoms with E-state index in [1.54, 1.807) is 19.2 Å². The fourth-order valence-electron chi connectivity index (χ4n) is 3.06. The van der Waals surface area contributed by atoms with Crippen molar-refractivity contribution in [3.05, 3.63) is 87.9 Å². The lowest BCUT2D eigenvalue weighted by atomic mass is 10.1. The molecule has 6 nitrogen and oxygen atoms in total. The molecule has 0 aromatic heterocycles. The summed E-state index contributed by atoms with van der Waals surface area (Å²) < 4.78 is 5.36. The molecule has 0 aliphatic carbocycles. The number of fused-ring (bicyclic) bond motifs is 1. The highest BCUT2D eigenvalue weighted by Crippen LogP contribution is 2.34. The van der Waals surface area contributed by atoms with Crippen LogP contribution in [0.5, 0.6) is 5.75 Å². The highest BCUT2D eigenvalue weighted by Gasteiger charge is 2.37. The molecule has 0 atom stereocenters. The Morgan fingerprint density at radius 1 is 0.867 bits per heavy atom. The zero-order valence-electron chi connectivity index (χ0n) is 15.6. The molecule has 4 rings (SSSR count). The predicted octanol–water partition coefficient (Wildman–Crippen LogP) is 5.43. The van der Waals surface area contributed by atoms with Crippen molar-refractivity contribution in [1.82, 2.24) is 0 Å². The monoisotopic (exact) mass is 440 g/mol. The summed E-state index contributed by atoms with van der Waals surface area (Å²) in [7, 11) is 1.60. The highest BCUT2D eigenvalue weighted by atomic mass is 35.5. The molecule has 0 unspecified atom stereocenters. The van der Waals surface area contributed by atoms with Gasteiger partial charge in [-0.1, -0.05) is 41.4 Å². The van der Waals surface area contributed by atoms with Crippen molar-refractivity contribution in [1.29, 1.82) is 0 Å². The largest absolute Gasteiger partial charge is 0.419 e. The van der Waals surface area contributed by atoms with Crippen LogP contribution in [0.15, 0.2) is 66.7 Å². The number of anilines is 2. The van der Waals surface area contributed by atoms with Crippen molar-refractivity contribution in [2.75, 3.05) is 16.8 Å². The first kappa shape index (κ1) is 19.9. The van der Waals surface area contributed by atoms with E-state index in [0.29, 0.717) is 11.4 Å². The second kappa shape index (κ2) is 7.82. The van der Waals surface area contributed by atoms with Crippen molar-refractivity contribution in [2.45, 2.75) is 0 Å². The molecule has 0 saturated carbocycles. The molecule has 0 spiro atoms. The first-order valence-electron chi connectivity index (χ1n) is 8.85. The summed E-state index contributed by atoms with van der Waals surface area (Å²) in [5.74, 6) is -0.724. The van der Waals surface area contributed by atoms with Crippen molar-refractivity contribution >= 4 is 52.5 Å². The van der Waals surface area contributed by atoms with Gasteiger partial charge in [0.05, 0.1) is 26.9 Å². The Morgan fingerprint density at radius 2 is 1.40 bits per heavy atom. The van der Waals surface area contributed by atoms with E-state index in [0.717, 1.165) is 4.90 Å². The normalized spacial score (nSPS) is 12.7.